The molecule has 2 aromatic rings. The molecule has 1 N–H and O–H groups in total. The van der Waals surface area contributed by atoms with Gasteiger partial charge in [0.15, 0.2) is 0 Å². The molecule has 0 unspecified atom stereocenters. The number of hydrogen-bond donors (Lipinski definition) is 1. The topological polar surface area (TPSA) is 90.3 Å². The van der Waals surface area contributed by atoms with Crippen LogP contribution in [0, 0.1) is 24.2 Å². The summed E-state index contributed by atoms with van der Waals surface area (Å²) in [6, 6.07) is 12.2. The first kappa shape index (κ1) is 18.6. The molecule has 136 valence electrons. The highest BCUT2D eigenvalue weighted by Crippen LogP contribution is 2.28. The average Bonchev–Trinajstić information content (AvgIpc) is 3.09. The van der Waals surface area contributed by atoms with Crippen LogP contribution >= 0.6 is 11.3 Å². The Balaban J connectivity index is 1.61. The number of amides is 1. The van der Waals surface area contributed by atoms with Crippen LogP contribution in [-0.4, -0.2) is 31.7 Å². The maximum absolute atomic E-state index is 12.6. The number of thiophene rings is 1. The Kier molecular flexibility index (Phi) is 5.41. The van der Waals surface area contributed by atoms with Gasteiger partial charge in [-0.25, -0.2) is 8.42 Å². The molecule has 3 rings (SSSR count). The Morgan fingerprint density at radius 2 is 2.00 bits per heavy atom. The molecule has 0 saturated carbocycles. The predicted molar refractivity (Wildman–Crippen MR) is 100 cm³/mol. The predicted octanol–water partition coefficient (Wildman–Crippen LogP) is 2.97. The van der Waals surface area contributed by atoms with Gasteiger partial charge in [-0.1, -0.05) is 6.07 Å². The van der Waals surface area contributed by atoms with E-state index in [9.17, 15) is 13.2 Å². The summed E-state index contributed by atoms with van der Waals surface area (Å²) in [5.41, 5.74) is 1.06. The smallest absolute Gasteiger partial charge is 0.252 e. The van der Waals surface area contributed by atoms with E-state index in [2.05, 4.69) is 5.32 Å². The zero-order valence-electron chi connectivity index (χ0n) is 14.3. The first-order chi connectivity index (χ1) is 12.4. The van der Waals surface area contributed by atoms with E-state index < -0.39 is 10.0 Å². The van der Waals surface area contributed by atoms with Gasteiger partial charge in [0.05, 0.1) is 11.6 Å². The normalized spacial score (nSPS) is 16.2. The van der Waals surface area contributed by atoms with Crippen LogP contribution in [0.25, 0.3) is 0 Å². The van der Waals surface area contributed by atoms with Gasteiger partial charge in [-0.3, -0.25) is 4.79 Å². The number of nitrogens with one attached hydrogen (secondary N) is 1. The van der Waals surface area contributed by atoms with Crippen LogP contribution in [0.3, 0.4) is 0 Å². The highest BCUT2D eigenvalue weighted by molar-refractivity contribution is 7.91. The number of carbonyl (C=O) groups excluding carboxylic acids is 1. The maximum atomic E-state index is 12.6. The van der Waals surface area contributed by atoms with Crippen molar-refractivity contribution >= 4 is 33.0 Å². The molecule has 0 bridgehead atoms. The minimum Gasteiger partial charge on any atom is -0.326 e. The van der Waals surface area contributed by atoms with Crippen molar-refractivity contribution in [2.24, 2.45) is 5.92 Å². The van der Waals surface area contributed by atoms with Crippen LogP contribution in [0.1, 0.15) is 23.3 Å². The summed E-state index contributed by atoms with van der Waals surface area (Å²) in [5.74, 6) is -0.374. The number of sulfonamides is 1. The summed E-state index contributed by atoms with van der Waals surface area (Å²) >= 11 is 1.27. The average molecular weight is 390 g/mol. The van der Waals surface area contributed by atoms with Crippen LogP contribution in [0.4, 0.5) is 5.69 Å². The summed E-state index contributed by atoms with van der Waals surface area (Å²) in [6.45, 7) is 2.53. The lowest BCUT2D eigenvalue weighted by atomic mass is 9.97. The second-order valence-corrected chi connectivity index (χ2v) is 9.68. The van der Waals surface area contributed by atoms with Gasteiger partial charge in [0.1, 0.15) is 4.21 Å². The summed E-state index contributed by atoms with van der Waals surface area (Å²) < 4.78 is 27.1. The Labute approximate surface area is 157 Å². The maximum Gasteiger partial charge on any atom is 0.252 e. The van der Waals surface area contributed by atoms with Gasteiger partial charge in [0.25, 0.3) is 10.0 Å². The minimum absolute atomic E-state index is 0.135. The standard InChI is InChI=1S/C18H19N3O3S2/c1-13-5-6-17(25-13)26(23,24)21-9-7-15(8-10-21)18(22)20-16-4-2-3-14(11-16)12-19/h2-6,11,15H,7-10H2,1H3,(H,20,22). The van der Waals surface area contributed by atoms with Crippen molar-refractivity contribution in [3.63, 3.8) is 0 Å². The number of rotatable bonds is 4. The summed E-state index contributed by atoms with van der Waals surface area (Å²) in [7, 11) is -3.47. The first-order valence-corrected chi connectivity index (χ1v) is 10.5. The van der Waals surface area contributed by atoms with Crippen molar-refractivity contribution < 1.29 is 13.2 Å². The van der Waals surface area contributed by atoms with Gasteiger partial charge in [0.2, 0.25) is 5.91 Å². The zero-order chi connectivity index (χ0) is 18.7. The molecule has 1 aromatic heterocycles. The number of aryl methyl sites for hydroxylation is 1. The highest BCUT2D eigenvalue weighted by atomic mass is 32.2. The molecule has 8 heteroatoms. The van der Waals surface area contributed by atoms with E-state index in [4.69, 9.17) is 5.26 Å². The number of hydrogen-bond acceptors (Lipinski definition) is 5. The molecule has 0 atom stereocenters. The summed E-state index contributed by atoms with van der Waals surface area (Å²) in [4.78, 5) is 13.4. The van der Waals surface area contributed by atoms with E-state index in [1.54, 1.807) is 36.4 Å². The Bertz CT molecular complexity index is 952. The highest BCUT2D eigenvalue weighted by Gasteiger charge is 2.32. The Morgan fingerprint density at radius 1 is 1.27 bits per heavy atom. The fourth-order valence-corrected chi connectivity index (χ4v) is 5.85. The lowest BCUT2D eigenvalue weighted by Crippen LogP contribution is -2.41. The second kappa shape index (κ2) is 7.58. The van der Waals surface area contributed by atoms with Crippen LogP contribution < -0.4 is 5.32 Å². The minimum atomic E-state index is -3.47. The van der Waals surface area contributed by atoms with Gasteiger partial charge in [0, 0.05) is 29.6 Å². The molecule has 2 heterocycles. The van der Waals surface area contributed by atoms with Gasteiger partial charge >= 0.3 is 0 Å². The molecule has 1 amide bonds. The largest absolute Gasteiger partial charge is 0.326 e. The van der Waals surface area contributed by atoms with Crippen molar-refractivity contribution in [1.29, 1.82) is 5.26 Å². The van der Waals surface area contributed by atoms with E-state index in [0.29, 0.717) is 41.4 Å². The molecular weight excluding hydrogens is 370 g/mol. The van der Waals surface area contributed by atoms with Crippen LogP contribution in [-0.2, 0) is 14.8 Å². The number of piperidine rings is 1. The number of carbonyl (C=O) groups is 1. The molecule has 1 fully saturated rings. The summed E-state index contributed by atoms with van der Waals surface area (Å²) in [5, 5.41) is 11.7. The molecule has 26 heavy (non-hydrogen) atoms. The number of nitriles is 1. The fourth-order valence-electron chi connectivity index (χ4n) is 2.95. The van der Waals surface area contributed by atoms with Crippen LogP contribution in [0.5, 0.6) is 0 Å². The van der Waals surface area contributed by atoms with E-state index in [1.807, 2.05) is 13.0 Å². The van der Waals surface area contributed by atoms with Gasteiger partial charge in [-0.2, -0.15) is 9.57 Å². The zero-order valence-corrected chi connectivity index (χ0v) is 15.9. The van der Waals surface area contributed by atoms with E-state index in [-0.39, 0.29) is 11.8 Å². The van der Waals surface area contributed by atoms with Crippen LogP contribution in [0.2, 0.25) is 0 Å². The van der Waals surface area contributed by atoms with Crippen LogP contribution in [0.15, 0.2) is 40.6 Å². The molecule has 1 saturated heterocycles. The molecule has 1 aliphatic rings. The lowest BCUT2D eigenvalue weighted by molar-refractivity contribution is -0.120. The summed E-state index contributed by atoms with van der Waals surface area (Å²) in [6.07, 6.45) is 0.959. The van der Waals surface area contributed by atoms with Gasteiger partial charge < -0.3 is 5.32 Å². The van der Waals surface area contributed by atoms with Crippen molar-refractivity contribution in [3.8, 4) is 6.07 Å². The van der Waals surface area contributed by atoms with Crippen molar-refractivity contribution in [2.45, 2.75) is 24.0 Å². The monoisotopic (exact) mass is 389 g/mol. The molecule has 1 aliphatic heterocycles. The van der Waals surface area contributed by atoms with Crippen molar-refractivity contribution in [2.75, 3.05) is 18.4 Å². The third-order valence-corrected chi connectivity index (χ3v) is 7.76. The van der Waals surface area contributed by atoms with Gasteiger partial charge in [-0.15, -0.1) is 11.3 Å². The molecular formula is C18H19N3O3S2. The number of benzene rings is 1. The van der Waals surface area contributed by atoms with Crippen molar-refractivity contribution in [3.05, 3.63) is 46.8 Å². The molecule has 6 nitrogen and oxygen atoms in total. The van der Waals surface area contributed by atoms with Gasteiger partial charge in [-0.05, 0) is 50.1 Å². The fraction of sp³-hybridized carbons (Fsp3) is 0.333. The quantitative estimate of drug-likeness (QED) is 0.870. The number of nitrogens with zero attached hydrogens (tertiary/aromatic N) is 2. The second-order valence-electron chi connectivity index (χ2n) is 6.23. The molecule has 0 radical (unpaired) electrons. The molecule has 1 aromatic carbocycles. The number of anilines is 1. The SMILES string of the molecule is Cc1ccc(S(=O)(=O)N2CCC(C(=O)Nc3cccc(C#N)c3)CC2)s1. The first-order valence-electron chi connectivity index (χ1n) is 8.28. The van der Waals surface area contributed by atoms with E-state index in [1.165, 1.54) is 15.6 Å². The Morgan fingerprint density at radius 3 is 2.62 bits per heavy atom. The van der Waals surface area contributed by atoms with E-state index >= 15 is 0 Å². The molecule has 0 aliphatic carbocycles. The molecule has 0 spiro atoms. The lowest BCUT2D eigenvalue weighted by Gasteiger charge is -2.30. The Hall–Kier alpha value is -2.21. The third kappa shape index (κ3) is 3.96. The van der Waals surface area contributed by atoms with Crippen molar-refractivity contribution in [1.82, 2.24) is 4.31 Å². The van der Waals surface area contributed by atoms with E-state index in [0.717, 1.165) is 4.88 Å². The third-order valence-electron chi connectivity index (χ3n) is 4.39.